The Morgan fingerprint density at radius 1 is 1.44 bits per heavy atom. The topological polar surface area (TPSA) is 42.1 Å². The van der Waals surface area contributed by atoms with Gasteiger partial charge in [-0.25, -0.2) is 4.79 Å². The molecule has 1 heterocycles. The zero-order valence-electron chi connectivity index (χ0n) is 9.07. The quantitative estimate of drug-likeness (QED) is 0.631. The molecule has 2 rings (SSSR count). The van der Waals surface area contributed by atoms with Crippen LogP contribution >= 0.6 is 0 Å². The highest BCUT2D eigenvalue weighted by Gasteiger charge is 1.98. The number of H-pyrrole nitrogens is 1. The van der Waals surface area contributed by atoms with Crippen LogP contribution in [0.25, 0.3) is 17.0 Å². The lowest BCUT2D eigenvalue weighted by Crippen LogP contribution is -1.98. The minimum atomic E-state index is -0.318. The largest absolute Gasteiger partial charge is 0.463 e. The number of aromatic nitrogens is 1. The zero-order valence-corrected chi connectivity index (χ0v) is 9.07. The number of benzene rings is 1. The summed E-state index contributed by atoms with van der Waals surface area (Å²) in [5.41, 5.74) is 1.96. The van der Waals surface area contributed by atoms with E-state index in [2.05, 4.69) is 4.98 Å². The molecule has 0 amide bonds. The fraction of sp³-hybridized carbons (Fsp3) is 0.154. The number of esters is 1. The first-order chi connectivity index (χ1) is 7.79. The van der Waals surface area contributed by atoms with E-state index in [0.717, 1.165) is 16.6 Å². The van der Waals surface area contributed by atoms with Gasteiger partial charge in [-0.15, -0.1) is 0 Å². The van der Waals surface area contributed by atoms with E-state index in [1.54, 1.807) is 13.0 Å². The molecule has 2 aromatic rings. The van der Waals surface area contributed by atoms with Crippen molar-refractivity contribution in [3.05, 3.63) is 42.1 Å². The number of hydrogen-bond donors (Lipinski definition) is 1. The van der Waals surface area contributed by atoms with Gasteiger partial charge in [-0.2, -0.15) is 0 Å². The molecule has 0 unspecified atom stereocenters. The molecule has 0 aliphatic carbocycles. The Labute approximate surface area is 93.7 Å². The van der Waals surface area contributed by atoms with E-state index in [9.17, 15) is 4.79 Å². The SMILES string of the molecule is CCOC(=O)/C=C\c1cc2ccccc2[nH]1. The van der Waals surface area contributed by atoms with Crippen LogP contribution in [0.1, 0.15) is 12.6 Å². The van der Waals surface area contributed by atoms with Gasteiger partial charge in [-0.1, -0.05) is 18.2 Å². The van der Waals surface area contributed by atoms with Crippen molar-refractivity contribution in [2.45, 2.75) is 6.92 Å². The second-order valence-corrected chi connectivity index (χ2v) is 3.40. The van der Waals surface area contributed by atoms with E-state index < -0.39 is 0 Å². The number of para-hydroxylation sites is 1. The zero-order chi connectivity index (χ0) is 11.4. The Kier molecular flexibility index (Phi) is 3.05. The first-order valence-corrected chi connectivity index (χ1v) is 5.22. The van der Waals surface area contributed by atoms with Gasteiger partial charge in [0, 0.05) is 17.3 Å². The predicted molar refractivity (Wildman–Crippen MR) is 64.0 cm³/mol. The van der Waals surface area contributed by atoms with Gasteiger partial charge in [0.25, 0.3) is 0 Å². The molecule has 0 spiro atoms. The third-order valence-electron chi connectivity index (χ3n) is 2.24. The van der Waals surface area contributed by atoms with Gasteiger partial charge in [0.2, 0.25) is 0 Å². The molecule has 0 saturated heterocycles. The summed E-state index contributed by atoms with van der Waals surface area (Å²) in [7, 11) is 0. The summed E-state index contributed by atoms with van der Waals surface area (Å²) in [6.07, 6.45) is 3.15. The van der Waals surface area contributed by atoms with Gasteiger partial charge >= 0.3 is 5.97 Å². The summed E-state index contributed by atoms with van der Waals surface area (Å²) in [5.74, 6) is -0.318. The molecule has 0 aliphatic heterocycles. The van der Waals surface area contributed by atoms with Crippen LogP contribution in [0.5, 0.6) is 0 Å². The summed E-state index contributed by atoms with van der Waals surface area (Å²) >= 11 is 0. The predicted octanol–water partition coefficient (Wildman–Crippen LogP) is 2.74. The van der Waals surface area contributed by atoms with E-state index >= 15 is 0 Å². The lowest BCUT2D eigenvalue weighted by molar-refractivity contribution is -0.137. The number of ether oxygens (including phenoxy) is 1. The molecule has 0 aliphatic rings. The lowest BCUT2D eigenvalue weighted by atomic mass is 10.2. The Morgan fingerprint density at radius 2 is 2.25 bits per heavy atom. The number of fused-ring (bicyclic) bond motifs is 1. The van der Waals surface area contributed by atoms with Crippen LogP contribution in [-0.4, -0.2) is 17.6 Å². The highest BCUT2D eigenvalue weighted by molar-refractivity contribution is 5.89. The van der Waals surface area contributed by atoms with Gasteiger partial charge in [-0.3, -0.25) is 0 Å². The molecule has 3 nitrogen and oxygen atoms in total. The van der Waals surface area contributed by atoms with Crippen LogP contribution < -0.4 is 0 Å². The summed E-state index contributed by atoms with van der Waals surface area (Å²) < 4.78 is 4.80. The molecule has 1 aromatic carbocycles. The summed E-state index contributed by atoms with van der Waals surface area (Å²) in [6.45, 7) is 2.19. The highest BCUT2D eigenvalue weighted by Crippen LogP contribution is 2.15. The maximum absolute atomic E-state index is 11.1. The molecule has 0 radical (unpaired) electrons. The number of nitrogens with one attached hydrogen (secondary N) is 1. The first kappa shape index (κ1) is 10.5. The molecule has 0 saturated carbocycles. The summed E-state index contributed by atoms with van der Waals surface area (Å²) in [4.78, 5) is 14.3. The monoisotopic (exact) mass is 215 g/mol. The Morgan fingerprint density at radius 3 is 3.00 bits per heavy atom. The van der Waals surface area contributed by atoms with Crippen LogP contribution in [-0.2, 0) is 9.53 Å². The average Bonchev–Trinajstić information content (AvgIpc) is 2.69. The van der Waals surface area contributed by atoms with Crippen molar-refractivity contribution in [2.24, 2.45) is 0 Å². The molecule has 0 atom stereocenters. The molecule has 1 aromatic heterocycles. The molecule has 0 bridgehead atoms. The number of carbonyl (C=O) groups excluding carboxylic acids is 1. The molecule has 3 heteroatoms. The van der Waals surface area contributed by atoms with Crippen molar-refractivity contribution in [1.29, 1.82) is 0 Å². The fourth-order valence-electron chi connectivity index (χ4n) is 1.53. The molecule has 1 N–H and O–H groups in total. The van der Waals surface area contributed by atoms with Gasteiger partial charge in [-0.05, 0) is 30.5 Å². The third kappa shape index (κ3) is 2.31. The van der Waals surface area contributed by atoms with Crippen molar-refractivity contribution in [3.63, 3.8) is 0 Å². The van der Waals surface area contributed by atoms with Crippen LogP contribution in [0.3, 0.4) is 0 Å². The minimum absolute atomic E-state index is 0.318. The number of rotatable bonds is 3. The van der Waals surface area contributed by atoms with Crippen molar-refractivity contribution in [3.8, 4) is 0 Å². The third-order valence-corrected chi connectivity index (χ3v) is 2.24. The average molecular weight is 215 g/mol. The van der Waals surface area contributed by atoms with Crippen molar-refractivity contribution in [1.82, 2.24) is 4.98 Å². The minimum Gasteiger partial charge on any atom is -0.463 e. The molecular formula is C13H13NO2. The fourth-order valence-corrected chi connectivity index (χ4v) is 1.53. The van der Waals surface area contributed by atoms with E-state index in [-0.39, 0.29) is 5.97 Å². The van der Waals surface area contributed by atoms with Gasteiger partial charge < -0.3 is 9.72 Å². The van der Waals surface area contributed by atoms with Gasteiger partial charge in [0.05, 0.1) is 6.61 Å². The van der Waals surface area contributed by atoms with E-state index in [4.69, 9.17) is 4.74 Å². The maximum Gasteiger partial charge on any atom is 0.330 e. The Hall–Kier alpha value is -2.03. The highest BCUT2D eigenvalue weighted by atomic mass is 16.5. The number of aromatic amines is 1. The number of hydrogen-bond acceptors (Lipinski definition) is 2. The second-order valence-electron chi connectivity index (χ2n) is 3.40. The number of carbonyl (C=O) groups is 1. The van der Waals surface area contributed by atoms with Gasteiger partial charge in [0.15, 0.2) is 0 Å². The lowest BCUT2D eigenvalue weighted by Gasteiger charge is -1.93. The summed E-state index contributed by atoms with van der Waals surface area (Å²) in [6, 6.07) is 9.96. The Bertz CT molecular complexity index is 492. The van der Waals surface area contributed by atoms with Crippen LogP contribution in [0.4, 0.5) is 0 Å². The molecular weight excluding hydrogens is 202 g/mol. The normalized spacial score (nSPS) is 11.1. The van der Waals surface area contributed by atoms with Crippen LogP contribution in [0.2, 0.25) is 0 Å². The Balaban J connectivity index is 2.18. The molecule has 0 fully saturated rings. The molecule has 82 valence electrons. The van der Waals surface area contributed by atoms with Crippen molar-refractivity contribution < 1.29 is 9.53 Å². The van der Waals surface area contributed by atoms with E-state index in [1.807, 2.05) is 30.3 Å². The first-order valence-electron chi connectivity index (χ1n) is 5.22. The van der Waals surface area contributed by atoms with Crippen molar-refractivity contribution >= 4 is 22.9 Å². The van der Waals surface area contributed by atoms with E-state index in [0.29, 0.717) is 6.61 Å². The summed E-state index contributed by atoms with van der Waals surface area (Å²) in [5, 5.41) is 1.13. The van der Waals surface area contributed by atoms with Crippen LogP contribution in [0.15, 0.2) is 36.4 Å². The maximum atomic E-state index is 11.1. The van der Waals surface area contributed by atoms with Crippen LogP contribution in [0, 0.1) is 0 Å². The van der Waals surface area contributed by atoms with Crippen molar-refractivity contribution in [2.75, 3.05) is 6.61 Å². The molecule has 16 heavy (non-hydrogen) atoms. The van der Waals surface area contributed by atoms with E-state index in [1.165, 1.54) is 6.08 Å². The van der Waals surface area contributed by atoms with Gasteiger partial charge in [0.1, 0.15) is 0 Å². The second kappa shape index (κ2) is 4.66. The standard InChI is InChI=1S/C13H13NO2/c1-2-16-13(15)8-7-11-9-10-5-3-4-6-12(10)14-11/h3-9,14H,2H2,1H3/b8-7-. The smallest absolute Gasteiger partial charge is 0.330 e.